The lowest BCUT2D eigenvalue weighted by atomic mass is 10.0. The maximum Gasteiger partial charge on any atom is 0.317 e. The van der Waals surface area contributed by atoms with Crippen LogP contribution in [0.1, 0.15) is 29.5 Å². The topological polar surface area (TPSA) is 61.4 Å². The van der Waals surface area contributed by atoms with Crippen molar-refractivity contribution in [1.82, 2.24) is 20.4 Å². The Morgan fingerprint density at radius 1 is 1.31 bits per heavy atom. The van der Waals surface area contributed by atoms with E-state index in [0.717, 1.165) is 37.3 Å². The molecule has 2 aromatic rings. The summed E-state index contributed by atoms with van der Waals surface area (Å²) in [7, 11) is 1.88. The van der Waals surface area contributed by atoms with Crippen LogP contribution in [0.3, 0.4) is 0 Å². The second kappa shape index (κ2) is 8.17. The number of rotatable bonds is 4. The van der Waals surface area contributed by atoms with Gasteiger partial charge in [-0.1, -0.05) is 18.2 Å². The zero-order valence-electron chi connectivity index (χ0n) is 15.8. The third-order valence-corrected chi connectivity index (χ3v) is 5.16. The molecule has 2 heterocycles. The number of anilines is 1. The van der Waals surface area contributed by atoms with Crippen LogP contribution in [0.15, 0.2) is 36.5 Å². The van der Waals surface area contributed by atoms with Crippen LogP contribution in [0.25, 0.3) is 0 Å². The van der Waals surface area contributed by atoms with Crippen LogP contribution in [0.2, 0.25) is 0 Å². The van der Waals surface area contributed by atoms with Gasteiger partial charge in [-0.3, -0.25) is 0 Å². The average molecular weight is 353 g/mol. The summed E-state index contributed by atoms with van der Waals surface area (Å²) in [6.45, 7) is 6.47. The number of aromatic nitrogens is 2. The minimum atomic E-state index is -0.0331. The molecule has 1 atom stereocenters. The van der Waals surface area contributed by atoms with E-state index in [1.165, 1.54) is 11.1 Å². The molecular weight excluding hydrogens is 326 g/mol. The molecule has 26 heavy (non-hydrogen) atoms. The molecular formula is C20H27N5O. The van der Waals surface area contributed by atoms with E-state index in [1.54, 1.807) is 6.20 Å². The first-order chi connectivity index (χ1) is 12.5. The van der Waals surface area contributed by atoms with Crippen LogP contribution in [0.5, 0.6) is 0 Å². The molecule has 0 radical (unpaired) electrons. The average Bonchev–Trinajstić information content (AvgIpc) is 2.69. The second-order valence-corrected chi connectivity index (χ2v) is 7.01. The number of aryl methyl sites for hydroxylation is 2. The van der Waals surface area contributed by atoms with Crippen molar-refractivity contribution in [3.05, 3.63) is 53.2 Å². The first-order valence-electron chi connectivity index (χ1n) is 9.14. The van der Waals surface area contributed by atoms with E-state index in [1.807, 2.05) is 24.1 Å². The van der Waals surface area contributed by atoms with E-state index >= 15 is 0 Å². The van der Waals surface area contributed by atoms with Gasteiger partial charge < -0.3 is 15.1 Å². The molecule has 1 aromatic carbocycles. The normalized spacial score (nSPS) is 17.0. The summed E-state index contributed by atoms with van der Waals surface area (Å²) in [5.74, 6) is 0.876. The molecule has 138 valence electrons. The number of amides is 2. The van der Waals surface area contributed by atoms with Gasteiger partial charge in [-0.15, -0.1) is 5.10 Å². The number of carbonyl (C=O) groups excluding carboxylic acids is 1. The van der Waals surface area contributed by atoms with Crippen LogP contribution in [-0.2, 0) is 6.54 Å². The fourth-order valence-electron chi connectivity index (χ4n) is 3.32. The van der Waals surface area contributed by atoms with Crippen molar-refractivity contribution < 1.29 is 4.79 Å². The van der Waals surface area contributed by atoms with E-state index in [2.05, 4.69) is 52.5 Å². The van der Waals surface area contributed by atoms with Gasteiger partial charge in [0.1, 0.15) is 0 Å². The van der Waals surface area contributed by atoms with Crippen LogP contribution in [0, 0.1) is 13.8 Å². The van der Waals surface area contributed by atoms with Crippen LogP contribution >= 0.6 is 0 Å². The number of nitrogens with zero attached hydrogens (tertiary/aromatic N) is 4. The quantitative estimate of drug-likeness (QED) is 0.918. The number of urea groups is 1. The van der Waals surface area contributed by atoms with Crippen molar-refractivity contribution in [2.24, 2.45) is 0 Å². The molecule has 0 bridgehead atoms. The van der Waals surface area contributed by atoms with Crippen LogP contribution in [0.4, 0.5) is 10.6 Å². The number of likely N-dealkylation sites (N-methyl/N-ethyl adjacent to an activating group) is 1. The number of piperidine rings is 1. The summed E-state index contributed by atoms with van der Waals surface area (Å²) in [5, 5.41) is 11.2. The Hall–Kier alpha value is -2.63. The number of benzene rings is 1. The molecule has 0 aliphatic carbocycles. The third-order valence-electron chi connectivity index (χ3n) is 5.16. The Morgan fingerprint density at radius 3 is 2.88 bits per heavy atom. The number of hydrogen-bond donors (Lipinski definition) is 1. The molecule has 1 aliphatic rings. The van der Waals surface area contributed by atoms with Gasteiger partial charge in [0.2, 0.25) is 0 Å². The van der Waals surface area contributed by atoms with E-state index < -0.39 is 0 Å². The van der Waals surface area contributed by atoms with Gasteiger partial charge in [0, 0.05) is 32.9 Å². The number of nitrogens with one attached hydrogen (secondary N) is 1. The van der Waals surface area contributed by atoms with Crippen molar-refractivity contribution in [2.75, 3.05) is 25.0 Å². The Balaban J connectivity index is 1.56. The third kappa shape index (κ3) is 4.31. The fourth-order valence-corrected chi connectivity index (χ4v) is 3.32. The Bertz CT molecular complexity index is 749. The highest BCUT2D eigenvalue weighted by Gasteiger charge is 2.26. The molecule has 3 rings (SSSR count). The van der Waals surface area contributed by atoms with Crippen molar-refractivity contribution in [2.45, 2.75) is 39.3 Å². The highest BCUT2D eigenvalue weighted by Crippen LogP contribution is 2.19. The molecule has 6 heteroatoms. The first kappa shape index (κ1) is 18.2. The minimum absolute atomic E-state index is 0.0331. The van der Waals surface area contributed by atoms with Gasteiger partial charge in [-0.05, 0) is 55.5 Å². The first-order valence-corrected chi connectivity index (χ1v) is 9.14. The maximum atomic E-state index is 12.6. The highest BCUT2D eigenvalue weighted by atomic mass is 16.2. The smallest absolute Gasteiger partial charge is 0.317 e. The predicted octanol–water partition coefficient (Wildman–Crippen LogP) is 2.90. The summed E-state index contributed by atoms with van der Waals surface area (Å²) in [5.41, 5.74) is 3.64. The van der Waals surface area contributed by atoms with Gasteiger partial charge >= 0.3 is 6.03 Å². The molecule has 6 nitrogen and oxygen atoms in total. The predicted molar refractivity (Wildman–Crippen MR) is 103 cm³/mol. The van der Waals surface area contributed by atoms with E-state index in [4.69, 9.17) is 0 Å². The van der Waals surface area contributed by atoms with Gasteiger partial charge in [0.25, 0.3) is 0 Å². The molecule has 1 aliphatic heterocycles. The van der Waals surface area contributed by atoms with Gasteiger partial charge in [-0.25, -0.2) is 4.79 Å². The zero-order chi connectivity index (χ0) is 18.5. The van der Waals surface area contributed by atoms with Crippen LogP contribution in [-0.4, -0.2) is 47.3 Å². The molecule has 1 N–H and O–H groups in total. The zero-order valence-corrected chi connectivity index (χ0v) is 15.8. The monoisotopic (exact) mass is 353 g/mol. The Morgan fingerprint density at radius 2 is 2.15 bits per heavy atom. The molecule has 0 saturated carbocycles. The van der Waals surface area contributed by atoms with E-state index in [0.29, 0.717) is 6.54 Å². The highest BCUT2D eigenvalue weighted by molar-refractivity contribution is 5.74. The summed E-state index contributed by atoms with van der Waals surface area (Å²) < 4.78 is 0. The summed E-state index contributed by atoms with van der Waals surface area (Å²) in [6.07, 6.45) is 3.72. The van der Waals surface area contributed by atoms with Crippen LogP contribution < -0.4 is 10.2 Å². The molecule has 1 saturated heterocycles. The van der Waals surface area contributed by atoms with E-state index in [-0.39, 0.29) is 12.1 Å². The molecule has 1 unspecified atom stereocenters. The number of carbonyl (C=O) groups is 1. The summed E-state index contributed by atoms with van der Waals surface area (Å²) >= 11 is 0. The standard InChI is InChI=1S/C20H27N5O/c1-15-8-9-17(12-16(15)2)13-21-20(26)24(3)18-6-5-11-25(14-18)19-7-4-10-22-23-19/h4,7-10,12,18H,5-6,11,13-14H2,1-3H3,(H,21,26). The Labute approximate surface area is 155 Å². The fraction of sp³-hybridized carbons (Fsp3) is 0.450. The van der Waals surface area contributed by atoms with Gasteiger partial charge in [-0.2, -0.15) is 5.10 Å². The van der Waals surface area contributed by atoms with Gasteiger partial charge in [0.05, 0.1) is 6.04 Å². The molecule has 1 aromatic heterocycles. The minimum Gasteiger partial charge on any atom is -0.353 e. The van der Waals surface area contributed by atoms with E-state index in [9.17, 15) is 4.79 Å². The summed E-state index contributed by atoms with van der Waals surface area (Å²) in [4.78, 5) is 16.6. The van der Waals surface area contributed by atoms with Gasteiger partial charge in [0.15, 0.2) is 5.82 Å². The van der Waals surface area contributed by atoms with Crippen molar-refractivity contribution in [1.29, 1.82) is 0 Å². The molecule has 1 fully saturated rings. The largest absolute Gasteiger partial charge is 0.353 e. The van der Waals surface area contributed by atoms with Crippen molar-refractivity contribution >= 4 is 11.8 Å². The van der Waals surface area contributed by atoms with Crippen molar-refractivity contribution in [3.63, 3.8) is 0 Å². The lowest BCUT2D eigenvalue weighted by molar-refractivity contribution is 0.182. The SMILES string of the molecule is Cc1ccc(CNC(=O)N(C)C2CCCN(c3cccnn3)C2)cc1C. The lowest BCUT2D eigenvalue weighted by Crippen LogP contribution is -2.51. The molecule has 2 amide bonds. The summed E-state index contributed by atoms with van der Waals surface area (Å²) in [6, 6.07) is 10.3. The molecule has 0 spiro atoms. The lowest BCUT2D eigenvalue weighted by Gasteiger charge is -2.37. The van der Waals surface area contributed by atoms with Crippen molar-refractivity contribution in [3.8, 4) is 0 Å². The Kier molecular flexibility index (Phi) is 5.71. The number of hydrogen-bond acceptors (Lipinski definition) is 4. The second-order valence-electron chi connectivity index (χ2n) is 7.01. The maximum absolute atomic E-state index is 12.6.